The van der Waals surface area contributed by atoms with Gasteiger partial charge in [-0.15, -0.1) is 11.3 Å². The summed E-state index contributed by atoms with van der Waals surface area (Å²) in [4.78, 5) is 43.2. The van der Waals surface area contributed by atoms with E-state index in [4.69, 9.17) is 0 Å². The predicted octanol–water partition coefficient (Wildman–Crippen LogP) is 5.57. The normalized spacial score (nSPS) is 16.2. The number of thiophene rings is 1. The number of aromatic carboxylic acids is 1. The van der Waals surface area contributed by atoms with Crippen LogP contribution in [0.2, 0.25) is 0 Å². The number of benzene rings is 1. The number of pyridine rings is 2. The first-order valence-corrected chi connectivity index (χ1v) is 17.2. The van der Waals surface area contributed by atoms with E-state index in [0.29, 0.717) is 75.6 Å². The first-order valence-electron chi connectivity index (χ1n) is 16.3. The number of nitrogens with zero attached hydrogens (tertiary/aromatic N) is 8. The SMILES string of the molecule is Cc1nc2cnc(N(C)C3CCN(C4CC(F)(F)C4)CC3)c(C#N)c2c(=O)n1CC#Cc1ccc(C#N)cc1-c1ccnc2c(C(=O)O)csc12. The van der Waals surface area contributed by atoms with Gasteiger partial charge in [0.25, 0.3) is 11.5 Å². The van der Waals surface area contributed by atoms with Crippen molar-refractivity contribution in [3.63, 3.8) is 0 Å². The number of aromatic nitrogens is 4. The number of nitriles is 2. The van der Waals surface area contributed by atoms with E-state index in [1.54, 1.807) is 31.2 Å². The van der Waals surface area contributed by atoms with Crippen molar-refractivity contribution in [1.29, 1.82) is 10.5 Å². The number of anilines is 1. The molecular formula is C37H30F2N8O3S. The van der Waals surface area contributed by atoms with Crippen molar-refractivity contribution >= 4 is 44.2 Å². The van der Waals surface area contributed by atoms with Crippen LogP contribution in [-0.2, 0) is 6.54 Å². The van der Waals surface area contributed by atoms with E-state index >= 15 is 0 Å². The molecule has 1 aliphatic heterocycles. The fraction of sp³-hybridized carbons (Fsp3) is 0.324. The lowest BCUT2D eigenvalue weighted by atomic mass is 9.85. The number of alkyl halides is 2. The zero-order valence-corrected chi connectivity index (χ0v) is 28.5. The van der Waals surface area contributed by atoms with Gasteiger partial charge in [-0.3, -0.25) is 19.2 Å². The molecule has 5 aromatic rings. The third-order valence-electron chi connectivity index (χ3n) is 9.83. The third-order valence-corrected chi connectivity index (χ3v) is 10.8. The molecule has 51 heavy (non-hydrogen) atoms. The summed E-state index contributed by atoms with van der Waals surface area (Å²) in [5.74, 6) is 3.28. The van der Waals surface area contributed by atoms with Crippen LogP contribution in [0.15, 0.2) is 46.8 Å². The minimum absolute atomic E-state index is 0.0125. The minimum atomic E-state index is -2.57. The van der Waals surface area contributed by atoms with Crippen molar-refractivity contribution in [3.8, 4) is 35.1 Å². The van der Waals surface area contributed by atoms with Gasteiger partial charge >= 0.3 is 5.97 Å². The van der Waals surface area contributed by atoms with Crippen LogP contribution in [0.4, 0.5) is 14.6 Å². The predicted molar refractivity (Wildman–Crippen MR) is 188 cm³/mol. The standard InChI is InChI=1S/C37H30F2N8O3S/c1-21-44-30-19-43-34(45(2)24-8-12-46(13-9-24)25-15-37(38,39)16-25)28(18-41)31(30)35(48)47(21)11-3-4-23-6-5-22(17-40)14-27(23)26-7-10-42-32-29(36(49)50)20-51-33(26)32/h5-7,10,14,19-20,24-25H,8-9,11-13,15-16H2,1-2H3,(H,49,50). The van der Waals surface area contributed by atoms with Crippen LogP contribution in [0.1, 0.15) is 58.6 Å². The van der Waals surface area contributed by atoms with Crippen LogP contribution in [-0.4, -0.2) is 73.6 Å². The van der Waals surface area contributed by atoms with Gasteiger partial charge in [0.15, 0.2) is 0 Å². The lowest BCUT2D eigenvalue weighted by Crippen LogP contribution is -2.55. The molecule has 5 heterocycles. The molecule has 1 saturated heterocycles. The van der Waals surface area contributed by atoms with Crippen LogP contribution in [0.25, 0.3) is 32.2 Å². The molecule has 1 saturated carbocycles. The Kier molecular flexibility index (Phi) is 8.72. The Morgan fingerprint density at radius 1 is 1.14 bits per heavy atom. The van der Waals surface area contributed by atoms with Gasteiger partial charge in [0.05, 0.1) is 51.1 Å². The number of piperidine rings is 1. The fourth-order valence-electron chi connectivity index (χ4n) is 7.02. The number of rotatable bonds is 6. The summed E-state index contributed by atoms with van der Waals surface area (Å²) in [6, 6.07) is 11.0. The van der Waals surface area contributed by atoms with E-state index in [1.807, 2.05) is 11.9 Å². The van der Waals surface area contributed by atoms with E-state index in [-0.39, 0.29) is 48.0 Å². The molecular weight excluding hydrogens is 675 g/mol. The first-order chi connectivity index (χ1) is 24.5. The number of carboxylic acids is 1. The second-order valence-corrected chi connectivity index (χ2v) is 13.7. The maximum absolute atomic E-state index is 14.0. The molecule has 0 radical (unpaired) electrons. The van der Waals surface area contributed by atoms with Gasteiger partial charge in [-0.05, 0) is 44.0 Å². The van der Waals surface area contributed by atoms with Gasteiger partial charge in [-0.25, -0.2) is 23.5 Å². The summed E-state index contributed by atoms with van der Waals surface area (Å²) < 4.78 is 28.9. The van der Waals surface area contributed by atoms with Gasteiger partial charge in [-0.1, -0.05) is 11.8 Å². The second kappa shape index (κ2) is 13.2. The van der Waals surface area contributed by atoms with E-state index in [9.17, 15) is 34.0 Å². The highest BCUT2D eigenvalue weighted by Gasteiger charge is 2.48. The van der Waals surface area contributed by atoms with Crippen molar-refractivity contribution in [2.75, 3.05) is 25.0 Å². The molecule has 1 aliphatic carbocycles. The van der Waals surface area contributed by atoms with Crippen molar-refractivity contribution < 1.29 is 18.7 Å². The Hall–Kier alpha value is -5.75. The van der Waals surface area contributed by atoms with Crippen LogP contribution in [0.5, 0.6) is 0 Å². The summed E-state index contributed by atoms with van der Waals surface area (Å²) in [5, 5.41) is 31.2. The third kappa shape index (κ3) is 6.16. The van der Waals surface area contributed by atoms with Crippen LogP contribution < -0.4 is 10.5 Å². The largest absolute Gasteiger partial charge is 0.478 e. The lowest BCUT2D eigenvalue weighted by Gasteiger charge is -2.46. The van der Waals surface area contributed by atoms with Crippen LogP contribution >= 0.6 is 11.3 Å². The Morgan fingerprint density at radius 3 is 2.59 bits per heavy atom. The Morgan fingerprint density at radius 2 is 1.90 bits per heavy atom. The first kappa shape index (κ1) is 33.7. The van der Waals surface area contributed by atoms with Gasteiger partial charge in [0.2, 0.25) is 0 Å². The van der Waals surface area contributed by atoms with Crippen molar-refractivity contribution in [2.24, 2.45) is 0 Å². The number of likely N-dealkylation sites (tertiary alicyclic amines) is 1. The zero-order valence-electron chi connectivity index (χ0n) is 27.7. The summed E-state index contributed by atoms with van der Waals surface area (Å²) in [5.41, 5.74) is 2.67. The second-order valence-electron chi connectivity index (χ2n) is 12.8. The molecule has 0 bridgehead atoms. The Bertz CT molecular complexity index is 2440. The van der Waals surface area contributed by atoms with E-state index in [0.717, 1.165) is 0 Å². The average Bonchev–Trinajstić information content (AvgIpc) is 3.56. The molecule has 2 fully saturated rings. The molecule has 0 atom stereocenters. The molecule has 1 N–H and O–H groups in total. The highest BCUT2D eigenvalue weighted by molar-refractivity contribution is 7.18. The monoisotopic (exact) mass is 704 g/mol. The van der Waals surface area contributed by atoms with Crippen LogP contribution in [0, 0.1) is 41.4 Å². The smallest absolute Gasteiger partial charge is 0.338 e. The van der Waals surface area contributed by atoms with Crippen molar-refractivity contribution in [1.82, 2.24) is 24.4 Å². The van der Waals surface area contributed by atoms with Crippen molar-refractivity contribution in [2.45, 2.75) is 57.2 Å². The number of fused-ring (bicyclic) bond motifs is 2. The van der Waals surface area contributed by atoms with E-state index in [2.05, 4.69) is 43.8 Å². The summed E-state index contributed by atoms with van der Waals surface area (Å²) in [7, 11) is 1.84. The van der Waals surface area contributed by atoms with E-state index < -0.39 is 17.5 Å². The van der Waals surface area contributed by atoms with Gasteiger partial charge < -0.3 is 10.0 Å². The Balaban J connectivity index is 1.19. The quantitative estimate of drug-likeness (QED) is 0.222. The fourth-order valence-corrected chi connectivity index (χ4v) is 8.05. The molecule has 0 unspecified atom stereocenters. The number of carboxylic acid groups (broad SMARTS) is 1. The van der Waals surface area contributed by atoms with E-state index in [1.165, 1.54) is 33.7 Å². The maximum Gasteiger partial charge on any atom is 0.338 e. The highest BCUT2D eigenvalue weighted by atomic mass is 32.1. The summed E-state index contributed by atoms with van der Waals surface area (Å²) in [6.45, 7) is 2.97. The van der Waals surface area contributed by atoms with Gasteiger partial charge in [0, 0.05) is 73.3 Å². The molecule has 7 rings (SSSR count). The number of hydrogen-bond acceptors (Lipinski definition) is 10. The summed E-state index contributed by atoms with van der Waals surface area (Å²) in [6.07, 6.45) is 4.24. The number of aryl methyl sites for hydroxylation is 1. The number of carbonyl (C=O) groups is 1. The molecule has 0 amide bonds. The van der Waals surface area contributed by atoms with Crippen molar-refractivity contribution in [3.05, 3.63) is 80.5 Å². The Labute approximate surface area is 295 Å². The summed E-state index contributed by atoms with van der Waals surface area (Å²) >= 11 is 1.24. The lowest BCUT2D eigenvalue weighted by molar-refractivity contribution is -0.127. The molecule has 0 spiro atoms. The molecule has 256 valence electrons. The molecule has 4 aromatic heterocycles. The van der Waals surface area contributed by atoms with Gasteiger partial charge in [0.1, 0.15) is 23.3 Å². The number of hydrogen-bond donors (Lipinski definition) is 1. The average molecular weight is 705 g/mol. The molecule has 1 aromatic carbocycles. The highest BCUT2D eigenvalue weighted by Crippen LogP contribution is 2.41. The number of halogens is 2. The maximum atomic E-state index is 14.0. The van der Waals surface area contributed by atoms with Gasteiger partial charge in [-0.2, -0.15) is 10.5 Å². The molecule has 11 nitrogen and oxygen atoms in total. The minimum Gasteiger partial charge on any atom is -0.478 e. The molecule has 2 aliphatic rings. The molecule has 14 heteroatoms. The zero-order chi connectivity index (χ0) is 36.0. The topological polar surface area (TPSA) is 152 Å². The van der Waals surface area contributed by atoms with Crippen LogP contribution in [0.3, 0.4) is 0 Å².